The number of nitrogens with zero attached hydrogens (tertiary/aromatic N) is 3. The molecule has 2 saturated carbocycles. The normalized spacial score (nSPS) is 24.8. The Morgan fingerprint density at radius 2 is 1.77 bits per heavy atom. The lowest BCUT2D eigenvalue weighted by Gasteiger charge is -2.52. The van der Waals surface area contributed by atoms with Crippen LogP contribution in [-0.2, 0) is 39.9 Å². The molecule has 2 fully saturated rings. The average molecular weight is 756 g/mol. The maximum Gasteiger partial charge on any atom is 0.413 e. The molecule has 0 bridgehead atoms. The van der Waals surface area contributed by atoms with Crippen LogP contribution in [0.3, 0.4) is 0 Å². The number of hydrogen-bond donors (Lipinski definition) is 4. The maximum absolute atomic E-state index is 14.3. The number of hydrogen-bond acceptors (Lipinski definition) is 15. The molecule has 1 aromatic carbocycles. The predicted molar refractivity (Wildman–Crippen MR) is 187 cm³/mol. The molecule has 3 aliphatic carbocycles. The first-order valence-corrected chi connectivity index (χ1v) is 17.7. The zero-order valence-electron chi connectivity index (χ0n) is 29.7. The van der Waals surface area contributed by atoms with E-state index in [1.54, 1.807) is 43.4 Å². The van der Waals surface area contributed by atoms with E-state index in [0.29, 0.717) is 22.5 Å². The van der Waals surface area contributed by atoms with Gasteiger partial charge in [0.2, 0.25) is 18.6 Å². The zero-order chi connectivity index (χ0) is 39.1. The van der Waals surface area contributed by atoms with Gasteiger partial charge in [-0.25, -0.2) is 9.59 Å². The van der Waals surface area contributed by atoms with E-state index in [0.717, 1.165) is 16.2 Å². The number of thiophene rings is 1. The summed E-state index contributed by atoms with van der Waals surface area (Å²) in [5, 5.41) is 27.5. The fourth-order valence-electron chi connectivity index (χ4n) is 7.70. The second kappa shape index (κ2) is 15.0. The molecule has 18 heteroatoms. The first-order valence-electron chi connectivity index (χ1n) is 16.8. The number of ketones is 4. The Kier molecular flexibility index (Phi) is 11.1. The highest BCUT2D eigenvalue weighted by molar-refractivity contribution is 7.11. The van der Waals surface area contributed by atoms with Gasteiger partial charge >= 0.3 is 12.1 Å². The third kappa shape index (κ3) is 6.89. The Labute approximate surface area is 308 Å². The third-order valence-corrected chi connectivity index (χ3v) is 10.8. The second-order valence-corrected chi connectivity index (χ2v) is 14.7. The summed E-state index contributed by atoms with van der Waals surface area (Å²) >= 11 is 1.15. The average Bonchev–Trinajstić information content (AvgIpc) is 3.62. The molecular formula is C35H41N5O12S. The molecule has 284 valence electrons. The monoisotopic (exact) mass is 755 g/mol. The number of aromatic hydroxyl groups is 1. The van der Waals surface area contributed by atoms with Gasteiger partial charge in [0.05, 0.1) is 23.2 Å². The highest BCUT2D eigenvalue weighted by Gasteiger charge is 2.69. The van der Waals surface area contributed by atoms with Crippen molar-refractivity contribution >= 4 is 69.7 Å². The summed E-state index contributed by atoms with van der Waals surface area (Å²) in [6.07, 6.45) is -0.621. The van der Waals surface area contributed by atoms with Crippen LogP contribution in [0.25, 0.3) is 0 Å². The number of carbonyl (C=O) groups is 8. The Balaban J connectivity index is 1.41. The number of rotatable bonds is 11. The molecule has 3 amide bonds. The Bertz CT molecular complexity index is 1880. The molecular weight excluding hydrogens is 714 g/mol. The lowest BCUT2D eigenvalue weighted by Crippen LogP contribution is -2.74. The number of aliphatic hydroxyl groups is 1. The summed E-state index contributed by atoms with van der Waals surface area (Å²) in [5.74, 6) is -13.6. The number of likely N-dealkylation sites (N-methyl/N-ethyl adjacent to an activating group) is 1. The molecule has 2 unspecified atom stereocenters. The number of phenols is 1. The summed E-state index contributed by atoms with van der Waals surface area (Å²) in [6.45, 7) is 0.577. The molecule has 0 radical (unpaired) electrons. The number of nitrogens with one attached hydrogen (secondary N) is 1. The minimum absolute atomic E-state index is 0.0221. The van der Waals surface area contributed by atoms with E-state index in [4.69, 9.17) is 15.2 Å². The third-order valence-electron chi connectivity index (χ3n) is 9.97. The molecule has 17 nitrogen and oxygen atoms in total. The van der Waals surface area contributed by atoms with Gasteiger partial charge in [-0.3, -0.25) is 38.6 Å². The van der Waals surface area contributed by atoms with E-state index < -0.39 is 101 Å². The molecule has 3 aliphatic rings. The molecule has 0 spiro atoms. The van der Waals surface area contributed by atoms with Gasteiger partial charge in [-0.1, -0.05) is 13.0 Å². The van der Waals surface area contributed by atoms with Gasteiger partial charge in [0.15, 0.2) is 34.7 Å². The van der Waals surface area contributed by atoms with E-state index >= 15 is 0 Å². The van der Waals surface area contributed by atoms with Crippen LogP contribution in [0, 0.1) is 23.7 Å². The Hall–Kier alpha value is -5.20. The topological polar surface area (TPSA) is 243 Å². The maximum atomic E-state index is 14.3. The number of esters is 1. The van der Waals surface area contributed by atoms with Crippen LogP contribution in [0.15, 0.2) is 23.6 Å². The number of amides is 3. The van der Waals surface area contributed by atoms with Gasteiger partial charge in [-0.2, -0.15) is 0 Å². The van der Waals surface area contributed by atoms with E-state index in [1.807, 2.05) is 0 Å². The van der Waals surface area contributed by atoms with Gasteiger partial charge in [-0.15, -0.1) is 11.3 Å². The predicted octanol–water partition coefficient (Wildman–Crippen LogP) is 0.596. The van der Waals surface area contributed by atoms with Crippen molar-refractivity contribution in [1.29, 1.82) is 0 Å². The standard InChI is InChI=1S/C35H41N5O12S/c1-6-9-40(34(49)52-15-51-33(48)21-8-7-10-53-21)14-22(41)37-19-13-20(38(2)3)17-11-16-12-18-26(39(4)5)29(44)25(32(36)47)31(46)35(18,50)30(45)23(16)28(43)24(17)27(19)42/h7-8,10,13,16,18,23,25-26,42,50H,6,9,11-12,14-15H2,1-5H3,(H2,36,47)(H,37,41)/t16-,18-,23?,25?,26-,35-/m0/s1. The summed E-state index contributed by atoms with van der Waals surface area (Å²) < 4.78 is 10.0. The lowest BCUT2D eigenvalue weighted by atomic mass is 9.52. The van der Waals surface area contributed by atoms with E-state index in [-0.39, 0.29) is 30.6 Å². The number of Topliss-reactive ketones (excluding diaryl/α,β-unsaturated/α-hetero) is 4. The smallest absolute Gasteiger partial charge is 0.413 e. The van der Waals surface area contributed by atoms with Crippen molar-refractivity contribution < 1.29 is 58.0 Å². The molecule has 2 aromatic rings. The molecule has 5 rings (SSSR count). The number of phenolic OH excluding ortho intramolecular Hbond substituents is 1. The van der Waals surface area contributed by atoms with Crippen molar-refractivity contribution in [2.45, 2.75) is 37.8 Å². The van der Waals surface area contributed by atoms with Gasteiger partial charge in [0.25, 0.3) is 0 Å². The molecule has 0 aliphatic heterocycles. The highest BCUT2D eigenvalue weighted by Crippen LogP contribution is 2.52. The molecule has 53 heavy (non-hydrogen) atoms. The first-order chi connectivity index (χ1) is 24.9. The minimum atomic E-state index is -2.89. The number of primary amides is 1. The summed E-state index contributed by atoms with van der Waals surface area (Å²) in [7, 11) is 6.32. The molecule has 0 saturated heterocycles. The van der Waals surface area contributed by atoms with E-state index in [9.17, 15) is 48.6 Å². The lowest BCUT2D eigenvalue weighted by molar-refractivity contribution is -0.181. The minimum Gasteiger partial charge on any atom is -0.505 e. The van der Waals surface area contributed by atoms with Crippen molar-refractivity contribution in [2.24, 2.45) is 29.4 Å². The van der Waals surface area contributed by atoms with Crippen LogP contribution in [0.1, 0.15) is 45.4 Å². The Morgan fingerprint density at radius 1 is 1.08 bits per heavy atom. The highest BCUT2D eigenvalue weighted by atomic mass is 32.1. The van der Waals surface area contributed by atoms with Gasteiger partial charge in [0.1, 0.15) is 17.2 Å². The molecule has 6 atom stereocenters. The van der Waals surface area contributed by atoms with Crippen molar-refractivity contribution in [1.82, 2.24) is 9.80 Å². The van der Waals surface area contributed by atoms with Crippen molar-refractivity contribution in [3.63, 3.8) is 0 Å². The number of ether oxygens (including phenoxy) is 2. The first kappa shape index (κ1) is 39.0. The largest absolute Gasteiger partial charge is 0.505 e. The molecule has 1 heterocycles. The van der Waals surface area contributed by atoms with Crippen LogP contribution < -0.4 is 16.0 Å². The van der Waals surface area contributed by atoms with E-state index in [2.05, 4.69) is 5.32 Å². The van der Waals surface area contributed by atoms with Crippen LogP contribution >= 0.6 is 11.3 Å². The number of fused-ring (bicyclic) bond motifs is 3. The summed E-state index contributed by atoms with van der Waals surface area (Å²) in [5.41, 5.74) is 2.71. The number of carbonyl (C=O) groups excluding carboxylic acids is 8. The number of anilines is 2. The van der Waals surface area contributed by atoms with Crippen LogP contribution in [0.4, 0.5) is 16.2 Å². The van der Waals surface area contributed by atoms with Gasteiger partial charge < -0.3 is 35.6 Å². The Morgan fingerprint density at radius 3 is 2.36 bits per heavy atom. The van der Waals surface area contributed by atoms with Crippen molar-refractivity contribution in [2.75, 3.05) is 58.3 Å². The van der Waals surface area contributed by atoms with Crippen molar-refractivity contribution in [3.8, 4) is 5.75 Å². The number of nitrogens with two attached hydrogens (primary N) is 1. The SMILES string of the molecule is CCCN(CC(=O)Nc1cc(N(C)C)c2c(c1O)C(=O)C1C(=O)[C@]3(O)C(=O)C(C(N)=O)C(=O)[C@@H](N(C)C)[C@@H]3C[C@@H]1C2)C(=O)OCOC(=O)c1cccs1. The van der Waals surface area contributed by atoms with Crippen molar-refractivity contribution in [3.05, 3.63) is 39.6 Å². The summed E-state index contributed by atoms with van der Waals surface area (Å²) in [6, 6.07) is 3.39. The quantitative estimate of drug-likeness (QED) is 0.106. The summed E-state index contributed by atoms with van der Waals surface area (Å²) in [4.78, 5) is 110. The van der Waals surface area contributed by atoms with Crippen LogP contribution in [0.5, 0.6) is 5.75 Å². The second-order valence-electron chi connectivity index (χ2n) is 13.7. The van der Waals surface area contributed by atoms with E-state index in [1.165, 1.54) is 25.1 Å². The fraction of sp³-hybridized carbons (Fsp3) is 0.486. The molecule has 1 aromatic heterocycles. The van der Waals surface area contributed by atoms with Gasteiger partial charge in [-0.05, 0) is 62.4 Å². The van der Waals surface area contributed by atoms with Gasteiger partial charge in [0, 0.05) is 32.2 Å². The van der Waals surface area contributed by atoms with Crippen LogP contribution in [-0.4, -0.2) is 127 Å². The zero-order valence-corrected chi connectivity index (χ0v) is 30.6. The molecule has 5 N–H and O–H groups in total. The fourth-order valence-corrected chi connectivity index (χ4v) is 8.32. The number of benzene rings is 1. The van der Waals surface area contributed by atoms with Crippen LogP contribution in [0.2, 0.25) is 0 Å².